The molecule has 1 heterocycles. The average Bonchev–Trinajstić information content (AvgIpc) is 3.27. The molecule has 0 aromatic heterocycles. The second-order valence-electron chi connectivity index (χ2n) is 16.8. The second kappa shape index (κ2) is 25.0. The first-order chi connectivity index (χ1) is 30.3. The first kappa shape index (κ1) is 50.2. The van der Waals surface area contributed by atoms with Gasteiger partial charge < -0.3 is 36.9 Å². The van der Waals surface area contributed by atoms with Crippen molar-refractivity contribution in [1.29, 1.82) is 5.26 Å². The second-order valence-corrected chi connectivity index (χ2v) is 16.8. The highest BCUT2D eigenvalue weighted by atomic mass is 16.5. The summed E-state index contributed by atoms with van der Waals surface area (Å²) in [6, 6.07) is 14.3. The van der Waals surface area contributed by atoms with Gasteiger partial charge in [0, 0.05) is 74.3 Å². The molecule has 4 bridgehead atoms. The average molecular weight is 865 g/mol. The molecule has 2 amide bonds. The summed E-state index contributed by atoms with van der Waals surface area (Å²) < 4.78 is 12.3. The van der Waals surface area contributed by atoms with Crippen molar-refractivity contribution in [2.75, 3.05) is 39.9 Å². The molecule has 0 saturated heterocycles. The van der Waals surface area contributed by atoms with E-state index in [1.165, 1.54) is 36.8 Å². The summed E-state index contributed by atoms with van der Waals surface area (Å²) in [5, 5.41) is 12.1. The van der Waals surface area contributed by atoms with Gasteiger partial charge in [0.05, 0.1) is 12.1 Å². The highest BCUT2D eigenvalue weighted by molar-refractivity contribution is 6.01. The molecule has 4 atom stereocenters. The predicted octanol–water partition coefficient (Wildman–Crippen LogP) is 6.40. The number of aryl methyl sites for hydroxylation is 1. The number of nitriles is 1. The first-order valence-corrected chi connectivity index (χ1v) is 22.5. The lowest BCUT2D eigenvalue weighted by Gasteiger charge is -2.32. The zero-order chi connectivity index (χ0) is 46.1. The Balaban J connectivity index is 1.80. The number of carbonyl (C=O) groups excluding carboxylic acids is 5. The summed E-state index contributed by atoms with van der Waals surface area (Å²) in [4.78, 5) is 72.2. The van der Waals surface area contributed by atoms with Gasteiger partial charge in [0.25, 0.3) is 0 Å². The number of Topliss-reactive ketones (excluding diaryl/α,β-unsaturated/α-hetero) is 3. The summed E-state index contributed by atoms with van der Waals surface area (Å²) in [7, 11) is 1.54. The highest BCUT2D eigenvalue weighted by Crippen LogP contribution is 2.41. The van der Waals surface area contributed by atoms with Crippen molar-refractivity contribution in [1.82, 2.24) is 10.2 Å². The molecule has 1 aliphatic rings. The maximum Gasteiger partial charge on any atom is 0.226 e. The number of unbranched alkanes of at least 4 members (excludes halogenated alkanes) is 4. The summed E-state index contributed by atoms with van der Waals surface area (Å²) in [5.41, 5.74) is 23.8. The minimum absolute atomic E-state index is 0.0193. The number of amides is 2. The zero-order valence-electron chi connectivity index (χ0n) is 37.9. The smallest absolute Gasteiger partial charge is 0.226 e. The molecular formula is C50H68N6O7. The van der Waals surface area contributed by atoms with E-state index < -0.39 is 41.5 Å². The third-order valence-corrected chi connectivity index (χ3v) is 12.1. The number of hydrogen-bond donors (Lipinski definition) is 4. The Kier molecular flexibility index (Phi) is 19.9. The van der Waals surface area contributed by atoms with Crippen LogP contribution in [-0.4, -0.2) is 80.0 Å². The predicted molar refractivity (Wildman–Crippen MR) is 245 cm³/mol. The molecule has 0 radical (unpaired) electrons. The van der Waals surface area contributed by atoms with Gasteiger partial charge in [0.15, 0.2) is 17.3 Å². The van der Waals surface area contributed by atoms with Crippen molar-refractivity contribution in [2.45, 2.75) is 117 Å². The molecular weight excluding hydrogens is 797 g/mol. The number of ketones is 3. The van der Waals surface area contributed by atoms with Gasteiger partial charge in [-0.3, -0.25) is 24.0 Å². The number of benzene rings is 3. The van der Waals surface area contributed by atoms with E-state index in [4.69, 9.17) is 26.7 Å². The van der Waals surface area contributed by atoms with Crippen molar-refractivity contribution in [2.24, 2.45) is 29.0 Å². The fourth-order valence-electron chi connectivity index (χ4n) is 8.34. The molecule has 7 N–H and O–H groups in total. The first-order valence-electron chi connectivity index (χ1n) is 22.5. The molecule has 63 heavy (non-hydrogen) atoms. The van der Waals surface area contributed by atoms with Crippen LogP contribution in [0.3, 0.4) is 0 Å². The largest absolute Gasteiger partial charge is 0.492 e. The van der Waals surface area contributed by atoms with Crippen molar-refractivity contribution in [3.8, 4) is 28.7 Å². The van der Waals surface area contributed by atoms with Crippen LogP contribution < -0.4 is 32.0 Å². The summed E-state index contributed by atoms with van der Waals surface area (Å²) in [6.45, 7) is 8.76. The van der Waals surface area contributed by atoms with E-state index in [2.05, 4.69) is 12.2 Å². The van der Waals surface area contributed by atoms with Crippen molar-refractivity contribution < 1.29 is 33.4 Å². The van der Waals surface area contributed by atoms with Gasteiger partial charge in [-0.05, 0) is 98.2 Å². The topological polar surface area (TPSA) is 221 Å². The Labute approximate surface area is 373 Å². The number of likely N-dealkylation sites (N-methyl/N-ethyl adjacent to an activating group) is 1. The van der Waals surface area contributed by atoms with E-state index >= 15 is 0 Å². The fraction of sp³-hybridized carbons (Fsp3) is 0.520. The number of fused-ring (bicyclic) bond motifs is 5. The van der Waals surface area contributed by atoms with Crippen LogP contribution in [-0.2, 0) is 32.0 Å². The number of rotatable bonds is 22. The third-order valence-electron chi connectivity index (χ3n) is 12.1. The summed E-state index contributed by atoms with van der Waals surface area (Å²) in [5.74, 6) is -2.72. The molecule has 0 fully saturated rings. The number of ether oxygens (including phenoxy) is 2. The van der Waals surface area contributed by atoms with Gasteiger partial charge in [-0.1, -0.05) is 63.8 Å². The van der Waals surface area contributed by atoms with Gasteiger partial charge in [-0.15, -0.1) is 0 Å². The van der Waals surface area contributed by atoms with Gasteiger partial charge >= 0.3 is 0 Å². The summed E-state index contributed by atoms with van der Waals surface area (Å²) >= 11 is 0. The van der Waals surface area contributed by atoms with E-state index in [0.29, 0.717) is 39.3 Å². The molecule has 0 saturated carbocycles. The maximum absolute atomic E-state index is 14.7. The molecule has 3 aromatic rings. The Morgan fingerprint density at radius 1 is 0.873 bits per heavy atom. The highest BCUT2D eigenvalue weighted by Gasteiger charge is 2.36. The zero-order valence-corrected chi connectivity index (χ0v) is 37.9. The third kappa shape index (κ3) is 13.5. The van der Waals surface area contributed by atoms with Gasteiger partial charge in [-0.25, -0.2) is 0 Å². The van der Waals surface area contributed by atoms with Crippen LogP contribution in [0.25, 0.3) is 11.1 Å². The lowest BCUT2D eigenvalue weighted by molar-refractivity contribution is -0.142. The van der Waals surface area contributed by atoms with Crippen LogP contribution in [0.5, 0.6) is 11.5 Å². The molecule has 4 rings (SSSR count). The van der Waals surface area contributed by atoms with Crippen LogP contribution in [0.15, 0.2) is 48.5 Å². The Morgan fingerprint density at radius 2 is 1.54 bits per heavy atom. The fourth-order valence-corrected chi connectivity index (χ4v) is 8.34. The Hall–Kier alpha value is -5.42. The summed E-state index contributed by atoms with van der Waals surface area (Å²) in [6.07, 6.45) is 6.66. The van der Waals surface area contributed by atoms with Crippen LogP contribution >= 0.6 is 0 Å². The van der Waals surface area contributed by atoms with E-state index in [9.17, 15) is 29.2 Å². The van der Waals surface area contributed by atoms with E-state index in [-0.39, 0.29) is 82.9 Å². The van der Waals surface area contributed by atoms with Gasteiger partial charge in [-0.2, -0.15) is 5.26 Å². The van der Waals surface area contributed by atoms with Crippen molar-refractivity contribution >= 4 is 29.2 Å². The molecule has 0 spiro atoms. The van der Waals surface area contributed by atoms with Crippen LogP contribution in [0.2, 0.25) is 0 Å². The monoisotopic (exact) mass is 865 g/mol. The number of nitrogens with two attached hydrogens (primary N) is 3. The van der Waals surface area contributed by atoms with Crippen LogP contribution in [0.1, 0.15) is 122 Å². The Bertz CT molecular complexity index is 2110. The number of carbonyl (C=O) groups is 5. The van der Waals surface area contributed by atoms with Crippen molar-refractivity contribution in [3.05, 3.63) is 81.9 Å². The molecule has 1 aliphatic heterocycles. The lowest BCUT2D eigenvalue weighted by Crippen LogP contribution is -2.46. The Morgan fingerprint density at radius 3 is 2.19 bits per heavy atom. The van der Waals surface area contributed by atoms with E-state index in [1.807, 2.05) is 38.1 Å². The lowest BCUT2D eigenvalue weighted by atomic mass is 9.87. The molecule has 0 aliphatic carbocycles. The molecule has 340 valence electrons. The quantitative estimate of drug-likeness (QED) is 0.0639. The van der Waals surface area contributed by atoms with Gasteiger partial charge in [0.2, 0.25) is 11.8 Å². The molecule has 13 nitrogen and oxygen atoms in total. The standard InChI is InChI=1S/C50H68N6O7/c1-6-7-8-9-10-12-36-15-17-39(34(4)33(36)3)44(58)31-38(20-22-52)50(61)56(5)48-37-16-19-47(63-26-24-54)41(30-37)40-28-35(14-18-46(40)62-25-23-53)29-42(43(57)13-11-21-51)55-49(60)32(2)27-45(48)59/h14-19,28,30,32,38,42,48H,6-13,20,22-27,29,31,52-54H2,1-5H3,(H,55,60)/t32-,38-,42+,48+/m1/s1. The van der Waals surface area contributed by atoms with E-state index in [1.54, 1.807) is 37.3 Å². The van der Waals surface area contributed by atoms with Crippen LogP contribution in [0.4, 0.5) is 0 Å². The number of nitrogens with one attached hydrogen (secondary N) is 1. The molecule has 0 unspecified atom stereocenters. The van der Waals surface area contributed by atoms with Gasteiger partial charge in [0.1, 0.15) is 30.8 Å². The number of hydrogen-bond acceptors (Lipinski definition) is 11. The number of nitrogens with zero attached hydrogens (tertiary/aromatic N) is 2. The van der Waals surface area contributed by atoms with Crippen molar-refractivity contribution in [3.63, 3.8) is 0 Å². The molecule has 3 aromatic carbocycles. The minimum Gasteiger partial charge on any atom is -0.492 e. The SMILES string of the molecule is CCCCCCCc1ccc(C(=O)C[C@@H](CCN)C(=O)N(C)[C@@H]2C(=O)C[C@@H](C)C(=O)N[C@H](C(=O)CCC#N)Cc3ccc(OCCN)c(c3)-c3cc2ccc3OCCN)c(C)c1C. The normalized spacial score (nSPS) is 16.9. The van der Waals surface area contributed by atoms with E-state index in [0.717, 1.165) is 30.4 Å². The minimum atomic E-state index is -1.20. The molecule has 13 heteroatoms. The van der Waals surface area contributed by atoms with Crippen LogP contribution in [0, 0.1) is 37.0 Å². The maximum atomic E-state index is 14.7.